The van der Waals surface area contributed by atoms with Gasteiger partial charge in [0.25, 0.3) is 11.6 Å². The van der Waals surface area contributed by atoms with Crippen LogP contribution >= 0.6 is 0 Å². The Morgan fingerprint density at radius 3 is 2.74 bits per heavy atom. The Bertz CT molecular complexity index is 730. The highest BCUT2D eigenvalue weighted by Gasteiger charge is 2.21. The van der Waals surface area contributed by atoms with Crippen molar-refractivity contribution < 1.29 is 14.8 Å². The minimum atomic E-state index is -0.499. The first kappa shape index (κ1) is 16.8. The number of amides is 1. The van der Waals surface area contributed by atoms with Gasteiger partial charge >= 0.3 is 0 Å². The van der Waals surface area contributed by atoms with Gasteiger partial charge in [0.15, 0.2) is 0 Å². The topological polar surface area (TPSA) is 105 Å². The summed E-state index contributed by atoms with van der Waals surface area (Å²) in [5, 5.41) is 23.5. The maximum Gasteiger partial charge on any atom is 0.278 e. The number of aliphatic hydroxyl groups excluding tert-OH is 1. The summed E-state index contributed by atoms with van der Waals surface area (Å²) in [6.07, 6.45) is 2.13. The Morgan fingerprint density at radius 2 is 2.13 bits per heavy atom. The van der Waals surface area contributed by atoms with Crippen molar-refractivity contribution in [1.29, 1.82) is 0 Å². The van der Waals surface area contributed by atoms with E-state index in [2.05, 4.69) is 10.3 Å². The second-order valence-corrected chi connectivity index (χ2v) is 5.77. The highest BCUT2D eigenvalue weighted by Crippen LogP contribution is 2.26. The van der Waals surface area contributed by atoms with Crippen molar-refractivity contribution in [3.63, 3.8) is 0 Å². The number of carbonyl (C=O) groups excluding carboxylic acids is 1. The van der Waals surface area contributed by atoms with Gasteiger partial charge in [0.05, 0.1) is 34.0 Å². The van der Waals surface area contributed by atoms with Gasteiger partial charge in [-0.3, -0.25) is 19.9 Å². The van der Waals surface area contributed by atoms with Gasteiger partial charge in [-0.05, 0) is 30.5 Å². The van der Waals surface area contributed by atoms with Crippen LogP contribution in [0.3, 0.4) is 0 Å². The summed E-state index contributed by atoms with van der Waals surface area (Å²) in [7, 11) is 0. The molecule has 0 aliphatic carbocycles. The van der Waals surface area contributed by atoms with E-state index in [-0.39, 0.29) is 29.4 Å². The van der Waals surface area contributed by atoms with E-state index in [1.165, 1.54) is 18.3 Å². The van der Waals surface area contributed by atoms with E-state index in [0.29, 0.717) is 17.7 Å². The molecule has 0 spiro atoms. The fraction of sp³-hybridized carbons (Fsp3) is 0.375. The van der Waals surface area contributed by atoms with Crippen molar-refractivity contribution in [2.24, 2.45) is 5.92 Å². The highest BCUT2D eigenvalue weighted by molar-refractivity contribution is 6.07. The van der Waals surface area contributed by atoms with Crippen molar-refractivity contribution in [2.75, 3.05) is 6.61 Å². The Kier molecular flexibility index (Phi) is 5.23. The fourth-order valence-electron chi connectivity index (χ4n) is 2.51. The average Bonchev–Trinajstić information content (AvgIpc) is 2.52. The molecule has 2 N–H and O–H groups in total. The standard InChI is InChI=1S/C16H19N3O4/c1-10(2)8-11(9-20)18-16(21)13-5-6-14(19(22)23)12-4-3-7-17-15(12)13/h3-7,10-11,20H,8-9H2,1-2H3,(H,18,21). The number of aromatic nitrogens is 1. The zero-order chi connectivity index (χ0) is 17.0. The van der Waals surface area contributed by atoms with Crippen LogP contribution in [0.15, 0.2) is 30.5 Å². The molecule has 0 fully saturated rings. The predicted molar refractivity (Wildman–Crippen MR) is 86.2 cm³/mol. The summed E-state index contributed by atoms with van der Waals surface area (Å²) in [5.41, 5.74) is 0.444. The average molecular weight is 317 g/mol. The molecule has 1 atom stereocenters. The second kappa shape index (κ2) is 7.15. The number of nitrogens with zero attached hydrogens (tertiary/aromatic N) is 2. The van der Waals surface area contributed by atoms with Gasteiger partial charge < -0.3 is 10.4 Å². The van der Waals surface area contributed by atoms with Gasteiger partial charge in [0.1, 0.15) is 0 Å². The number of fused-ring (bicyclic) bond motifs is 1. The van der Waals surface area contributed by atoms with Crippen LogP contribution in [0.4, 0.5) is 5.69 Å². The number of pyridine rings is 1. The molecule has 23 heavy (non-hydrogen) atoms. The van der Waals surface area contributed by atoms with Gasteiger partial charge in [-0.2, -0.15) is 0 Å². The SMILES string of the molecule is CC(C)CC(CO)NC(=O)c1ccc([N+](=O)[O-])c2cccnc12. The summed E-state index contributed by atoms with van der Waals surface area (Å²) in [6, 6.07) is 5.49. The lowest BCUT2D eigenvalue weighted by molar-refractivity contribution is -0.383. The van der Waals surface area contributed by atoms with Crippen molar-refractivity contribution >= 4 is 22.5 Å². The van der Waals surface area contributed by atoms with Crippen LogP contribution in [0.25, 0.3) is 10.9 Å². The largest absolute Gasteiger partial charge is 0.394 e. The summed E-state index contributed by atoms with van der Waals surface area (Å²) < 4.78 is 0. The summed E-state index contributed by atoms with van der Waals surface area (Å²) in [4.78, 5) is 27.2. The van der Waals surface area contributed by atoms with Crippen LogP contribution in [-0.4, -0.2) is 33.6 Å². The lowest BCUT2D eigenvalue weighted by Gasteiger charge is -2.18. The molecule has 0 aliphatic heterocycles. The second-order valence-electron chi connectivity index (χ2n) is 5.77. The van der Waals surface area contributed by atoms with Crippen molar-refractivity contribution in [3.05, 3.63) is 46.1 Å². The zero-order valence-corrected chi connectivity index (χ0v) is 13.0. The van der Waals surface area contributed by atoms with Crippen LogP contribution in [0.5, 0.6) is 0 Å². The number of carbonyl (C=O) groups is 1. The molecule has 0 bridgehead atoms. The first-order chi connectivity index (χ1) is 10.9. The molecular weight excluding hydrogens is 298 g/mol. The fourth-order valence-corrected chi connectivity index (χ4v) is 2.51. The van der Waals surface area contributed by atoms with E-state index in [9.17, 15) is 20.0 Å². The van der Waals surface area contributed by atoms with E-state index >= 15 is 0 Å². The highest BCUT2D eigenvalue weighted by atomic mass is 16.6. The van der Waals surface area contributed by atoms with Gasteiger partial charge in [0, 0.05) is 12.3 Å². The lowest BCUT2D eigenvalue weighted by atomic mass is 10.0. The van der Waals surface area contributed by atoms with Crippen molar-refractivity contribution in [3.8, 4) is 0 Å². The Hall–Kier alpha value is -2.54. The maximum atomic E-state index is 12.5. The Morgan fingerprint density at radius 1 is 1.39 bits per heavy atom. The first-order valence-corrected chi connectivity index (χ1v) is 7.38. The number of nitro benzene ring substituents is 1. The summed E-state index contributed by atoms with van der Waals surface area (Å²) >= 11 is 0. The molecule has 2 aromatic rings. The zero-order valence-electron chi connectivity index (χ0n) is 13.0. The number of nitro groups is 1. The first-order valence-electron chi connectivity index (χ1n) is 7.38. The monoisotopic (exact) mass is 317 g/mol. The van der Waals surface area contributed by atoms with Crippen LogP contribution < -0.4 is 5.32 Å². The molecule has 1 unspecified atom stereocenters. The number of hydrogen-bond acceptors (Lipinski definition) is 5. The molecular formula is C16H19N3O4. The molecule has 1 amide bonds. The Labute approximate surface area is 133 Å². The molecule has 0 saturated carbocycles. The van der Waals surface area contributed by atoms with Gasteiger partial charge in [0.2, 0.25) is 0 Å². The lowest BCUT2D eigenvalue weighted by Crippen LogP contribution is -2.38. The summed E-state index contributed by atoms with van der Waals surface area (Å²) in [6.45, 7) is 3.83. The van der Waals surface area contributed by atoms with Crippen molar-refractivity contribution in [2.45, 2.75) is 26.3 Å². The van der Waals surface area contributed by atoms with Gasteiger partial charge in [-0.1, -0.05) is 13.8 Å². The molecule has 0 aliphatic rings. The number of hydrogen-bond donors (Lipinski definition) is 2. The Balaban J connectivity index is 2.38. The normalized spacial score (nSPS) is 12.3. The van der Waals surface area contributed by atoms with Crippen LogP contribution in [0.1, 0.15) is 30.6 Å². The third-order valence-electron chi connectivity index (χ3n) is 3.50. The van der Waals surface area contributed by atoms with Gasteiger partial charge in [-0.25, -0.2) is 0 Å². The van der Waals surface area contributed by atoms with Crippen LogP contribution in [-0.2, 0) is 0 Å². The smallest absolute Gasteiger partial charge is 0.278 e. The van der Waals surface area contributed by atoms with E-state index in [1.807, 2.05) is 13.8 Å². The molecule has 2 rings (SSSR count). The molecule has 7 heteroatoms. The molecule has 7 nitrogen and oxygen atoms in total. The molecule has 0 saturated heterocycles. The van der Waals surface area contributed by atoms with Crippen molar-refractivity contribution in [1.82, 2.24) is 10.3 Å². The van der Waals surface area contributed by atoms with Crippen LogP contribution in [0, 0.1) is 16.0 Å². The molecule has 122 valence electrons. The molecule has 1 aromatic heterocycles. The molecule has 1 heterocycles. The summed E-state index contributed by atoms with van der Waals surface area (Å²) in [5.74, 6) is -0.0810. The van der Waals surface area contributed by atoms with E-state index in [0.717, 1.165) is 0 Å². The van der Waals surface area contributed by atoms with E-state index in [1.54, 1.807) is 12.1 Å². The molecule has 1 aromatic carbocycles. The number of nitrogens with one attached hydrogen (secondary N) is 1. The van der Waals surface area contributed by atoms with Gasteiger partial charge in [-0.15, -0.1) is 0 Å². The minimum absolute atomic E-state index is 0.0921. The number of rotatable bonds is 6. The maximum absolute atomic E-state index is 12.5. The van der Waals surface area contributed by atoms with Crippen LogP contribution in [0.2, 0.25) is 0 Å². The van der Waals surface area contributed by atoms with E-state index in [4.69, 9.17) is 0 Å². The predicted octanol–water partition coefficient (Wildman–Crippen LogP) is 2.28. The minimum Gasteiger partial charge on any atom is -0.394 e. The quantitative estimate of drug-likeness (QED) is 0.628. The molecule has 0 radical (unpaired) electrons. The third-order valence-corrected chi connectivity index (χ3v) is 3.50. The third kappa shape index (κ3) is 3.81. The number of benzene rings is 1. The van der Waals surface area contributed by atoms with E-state index < -0.39 is 10.8 Å². The number of non-ortho nitro benzene ring substituents is 1. The number of aliphatic hydroxyl groups is 1.